The molecule has 1 aliphatic heterocycles. The van der Waals surface area contributed by atoms with Crippen LogP contribution in [0.3, 0.4) is 0 Å². The Hall–Kier alpha value is -5.35. The topological polar surface area (TPSA) is 420 Å². The number of aliphatic carboxylic acids is 7. The van der Waals surface area contributed by atoms with Crippen molar-refractivity contribution in [3.63, 3.8) is 0 Å². The molecular formula is C36H61N8O20P. The maximum Gasteiger partial charge on any atom is 0.403 e. The maximum atomic E-state index is 12.9. The van der Waals surface area contributed by atoms with Gasteiger partial charge in [-0.2, -0.15) is 0 Å². The van der Waals surface area contributed by atoms with E-state index in [4.69, 9.17) is 10.2 Å². The average Bonchev–Trinajstić information content (AvgIpc) is 3.18. The Morgan fingerprint density at radius 1 is 0.477 bits per heavy atom. The zero-order valence-corrected chi connectivity index (χ0v) is 36.6. The van der Waals surface area contributed by atoms with Crippen molar-refractivity contribution in [1.29, 1.82) is 0 Å². The summed E-state index contributed by atoms with van der Waals surface area (Å²) in [6.07, 6.45) is -1.75. The number of hydrogen-bond donors (Lipinski definition) is 12. The minimum Gasteiger partial charge on any atom is -0.481 e. The quantitative estimate of drug-likeness (QED) is 0.0237. The van der Waals surface area contributed by atoms with Crippen LogP contribution in [0.5, 0.6) is 0 Å². The Kier molecular flexibility index (Phi) is 27.3. The summed E-state index contributed by atoms with van der Waals surface area (Å²) in [6, 6.07) is -5.00. The first kappa shape index (κ1) is 57.7. The van der Waals surface area contributed by atoms with Crippen LogP contribution in [0.25, 0.3) is 0 Å². The van der Waals surface area contributed by atoms with Crippen molar-refractivity contribution in [1.82, 2.24) is 40.6 Å². The van der Waals surface area contributed by atoms with Crippen molar-refractivity contribution < 1.29 is 97.7 Å². The van der Waals surface area contributed by atoms with Gasteiger partial charge >= 0.3 is 49.5 Å². The van der Waals surface area contributed by atoms with E-state index in [0.29, 0.717) is 19.3 Å². The molecule has 12 N–H and O–H groups in total. The number of carbonyl (C=O) groups excluding carboxylic acids is 3. The van der Waals surface area contributed by atoms with Gasteiger partial charge in [0.2, 0.25) is 17.7 Å². The Bertz CT molecular complexity index is 1660. The first-order valence-corrected chi connectivity index (χ1v) is 22.1. The summed E-state index contributed by atoms with van der Waals surface area (Å²) in [4.78, 5) is 134. The van der Waals surface area contributed by atoms with Gasteiger partial charge in [-0.25, -0.2) is 19.2 Å². The molecule has 3 unspecified atom stereocenters. The number of carbonyl (C=O) groups is 10. The molecule has 0 aromatic heterocycles. The number of carboxylic acids is 7. The van der Waals surface area contributed by atoms with Gasteiger partial charge in [0.15, 0.2) is 0 Å². The Morgan fingerprint density at radius 2 is 0.877 bits per heavy atom. The summed E-state index contributed by atoms with van der Waals surface area (Å²) in [5.74, 6) is -11.3. The molecule has 1 fully saturated rings. The summed E-state index contributed by atoms with van der Waals surface area (Å²) < 4.78 is 16.9. The number of unbranched alkanes of at least 4 members (excludes halogenated alkanes) is 2. The maximum absolute atomic E-state index is 12.9. The third kappa shape index (κ3) is 28.2. The van der Waals surface area contributed by atoms with Gasteiger partial charge in [0.1, 0.15) is 18.1 Å². The molecule has 0 aromatic carbocycles. The summed E-state index contributed by atoms with van der Waals surface area (Å²) in [5, 5.41) is 73.9. The summed E-state index contributed by atoms with van der Waals surface area (Å²) in [5.41, 5.74) is 0. The van der Waals surface area contributed by atoms with Crippen LogP contribution >= 0.6 is 7.75 Å². The van der Waals surface area contributed by atoms with Crippen LogP contribution in [-0.4, -0.2) is 230 Å². The number of hydrogen-bond acceptors (Lipinski definition) is 16. The SMILES string of the molecule is O=C(O)CCC(NP(=O)(O)OCCC(NC(=O)CC[C@@H](NC(=O)CCCCCNC(=O)CN1CCN(CC(=O)O)CCN(CC(=O)O)CCN(CC(=O)O)CC1)C(=O)O)C(=O)O)C(=O)O. The van der Waals surface area contributed by atoms with Gasteiger partial charge in [-0.15, -0.1) is 0 Å². The van der Waals surface area contributed by atoms with Crippen molar-refractivity contribution in [2.45, 2.75) is 75.9 Å². The summed E-state index contributed by atoms with van der Waals surface area (Å²) >= 11 is 0. The van der Waals surface area contributed by atoms with E-state index in [-0.39, 0.29) is 97.4 Å². The lowest BCUT2D eigenvalue weighted by atomic mass is 10.1. The van der Waals surface area contributed by atoms with E-state index in [0.717, 1.165) is 0 Å². The van der Waals surface area contributed by atoms with E-state index in [1.165, 1.54) is 0 Å². The standard InChI is InChI=1S/C36H61N8O20P/c45-27(38-24(34(56)57)5-7-28(46)39-25(35(58)59)9-19-64-65(62,63)40-26(36(60)61)6-8-30(48)49)4-2-1-3-10-37-29(47)20-41-11-13-42(21-31(50)51)15-17-44(23-33(54)55)18-16-43(14-12-41)22-32(52)53/h24-26H,1-23H2,(H,37,47)(H,38,45)(H,39,46)(H,48,49)(H,50,51)(H,52,53)(H,54,55)(H,56,57)(H,58,59)(H,60,61)(H2,40,62,63)/t24-,25?,26?/m1/s1. The lowest BCUT2D eigenvalue weighted by Gasteiger charge is -2.32. The second-order valence-corrected chi connectivity index (χ2v) is 16.6. The van der Waals surface area contributed by atoms with E-state index in [9.17, 15) is 82.9 Å². The fourth-order valence-corrected chi connectivity index (χ4v) is 7.28. The molecule has 370 valence electrons. The monoisotopic (exact) mass is 956 g/mol. The normalized spacial score (nSPS) is 17.1. The summed E-state index contributed by atoms with van der Waals surface area (Å²) in [7, 11) is -4.87. The lowest BCUT2D eigenvalue weighted by molar-refractivity contribution is -0.143. The highest BCUT2D eigenvalue weighted by molar-refractivity contribution is 7.50. The zero-order chi connectivity index (χ0) is 49.1. The van der Waals surface area contributed by atoms with Crippen LogP contribution in [0.15, 0.2) is 0 Å². The molecule has 1 heterocycles. The first-order chi connectivity index (χ1) is 30.5. The molecule has 0 bridgehead atoms. The molecular weight excluding hydrogens is 895 g/mol. The molecule has 28 nitrogen and oxygen atoms in total. The molecule has 0 saturated carbocycles. The van der Waals surface area contributed by atoms with Crippen molar-refractivity contribution in [3.8, 4) is 0 Å². The molecule has 65 heavy (non-hydrogen) atoms. The Balaban J connectivity index is 2.58. The highest BCUT2D eigenvalue weighted by Gasteiger charge is 2.31. The van der Waals surface area contributed by atoms with Crippen LogP contribution in [0, 0.1) is 0 Å². The number of amides is 3. The molecule has 3 amide bonds. The molecule has 0 spiro atoms. The van der Waals surface area contributed by atoms with E-state index >= 15 is 0 Å². The number of carboxylic acid groups (broad SMARTS) is 7. The van der Waals surface area contributed by atoms with Gasteiger partial charge in [0.05, 0.1) is 32.8 Å². The number of nitrogens with zero attached hydrogens (tertiary/aromatic N) is 4. The number of nitrogens with one attached hydrogen (secondary N) is 4. The van der Waals surface area contributed by atoms with Crippen molar-refractivity contribution in [2.24, 2.45) is 0 Å². The Morgan fingerprint density at radius 3 is 1.29 bits per heavy atom. The van der Waals surface area contributed by atoms with E-state index < -0.39 is 118 Å². The molecule has 4 atom stereocenters. The third-order valence-electron chi connectivity index (χ3n) is 9.64. The summed E-state index contributed by atoms with van der Waals surface area (Å²) in [6.45, 7) is 0.286. The second kappa shape index (κ2) is 30.7. The van der Waals surface area contributed by atoms with Crippen LogP contribution in [0.1, 0.15) is 57.8 Å². The van der Waals surface area contributed by atoms with Crippen LogP contribution in [-0.2, 0) is 57.0 Å². The van der Waals surface area contributed by atoms with Gasteiger partial charge < -0.3 is 56.6 Å². The minimum absolute atomic E-state index is 0.0880. The van der Waals surface area contributed by atoms with Gasteiger partial charge in [0, 0.05) is 84.6 Å². The molecule has 1 saturated heterocycles. The van der Waals surface area contributed by atoms with Crippen LogP contribution < -0.4 is 21.0 Å². The predicted molar refractivity (Wildman–Crippen MR) is 220 cm³/mol. The molecule has 1 rings (SSSR count). The Labute approximate surface area is 372 Å². The van der Waals surface area contributed by atoms with Gasteiger partial charge in [-0.3, -0.25) is 62.5 Å². The van der Waals surface area contributed by atoms with Crippen molar-refractivity contribution >= 4 is 67.3 Å². The van der Waals surface area contributed by atoms with Crippen molar-refractivity contribution in [3.05, 3.63) is 0 Å². The highest BCUT2D eigenvalue weighted by atomic mass is 31.2. The third-order valence-corrected chi connectivity index (χ3v) is 10.8. The lowest BCUT2D eigenvalue weighted by Crippen LogP contribution is -2.49. The minimum atomic E-state index is -4.87. The largest absolute Gasteiger partial charge is 0.481 e. The van der Waals surface area contributed by atoms with Crippen molar-refractivity contribution in [2.75, 3.05) is 91.7 Å². The van der Waals surface area contributed by atoms with Gasteiger partial charge in [-0.05, 0) is 25.7 Å². The van der Waals surface area contributed by atoms with Crippen LogP contribution in [0.4, 0.5) is 0 Å². The molecule has 1 aliphatic rings. The van der Waals surface area contributed by atoms with Crippen LogP contribution in [0.2, 0.25) is 0 Å². The van der Waals surface area contributed by atoms with Gasteiger partial charge in [-0.1, -0.05) is 6.42 Å². The first-order valence-electron chi connectivity index (χ1n) is 20.5. The van der Waals surface area contributed by atoms with E-state index in [1.54, 1.807) is 24.7 Å². The smallest absolute Gasteiger partial charge is 0.403 e. The molecule has 0 aliphatic carbocycles. The molecule has 0 radical (unpaired) electrons. The van der Waals surface area contributed by atoms with E-state index in [2.05, 4.69) is 20.5 Å². The molecule has 0 aromatic rings. The van der Waals surface area contributed by atoms with Gasteiger partial charge in [0.25, 0.3) is 0 Å². The predicted octanol–water partition coefficient (Wildman–Crippen LogP) is -3.53. The fraction of sp³-hybridized carbons (Fsp3) is 0.722. The molecule has 29 heteroatoms. The number of rotatable bonds is 31. The van der Waals surface area contributed by atoms with E-state index in [1.807, 2.05) is 0 Å². The second-order valence-electron chi connectivity index (χ2n) is 15.0. The fourth-order valence-electron chi connectivity index (χ4n) is 6.22. The highest BCUT2D eigenvalue weighted by Crippen LogP contribution is 2.38. The zero-order valence-electron chi connectivity index (χ0n) is 35.7. The average molecular weight is 957 g/mol.